The lowest BCUT2D eigenvalue weighted by Crippen LogP contribution is -2.52. The van der Waals surface area contributed by atoms with Crippen molar-refractivity contribution in [3.63, 3.8) is 0 Å². The average Bonchev–Trinajstić information content (AvgIpc) is 2.79. The van der Waals surface area contributed by atoms with E-state index in [4.69, 9.17) is 0 Å². The summed E-state index contributed by atoms with van der Waals surface area (Å²) in [6, 6.07) is 11.2. The van der Waals surface area contributed by atoms with Gasteiger partial charge in [-0.15, -0.1) is 0 Å². The van der Waals surface area contributed by atoms with Crippen LogP contribution in [0.15, 0.2) is 53.0 Å². The van der Waals surface area contributed by atoms with Crippen LogP contribution in [0.1, 0.15) is 12.0 Å². The van der Waals surface area contributed by atoms with E-state index in [0.717, 1.165) is 10.0 Å². The SMILES string of the molecule is CN(CC(=O)N1c2ccccc2NC(=O)CC1C(F)(F)F)Cc1ccccc1Br. The summed E-state index contributed by atoms with van der Waals surface area (Å²) in [6.45, 7) is 0.132. The van der Waals surface area contributed by atoms with E-state index in [9.17, 15) is 22.8 Å². The fraction of sp³-hybridized carbons (Fsp3) is 0.300. The molecule has 29 heavy (non-hydrogen) atoms. The van der Waals surface area contributed by atoms with E-state index in [2.05, 4.69) is 21.2 Å². The van der Waals surface area contributed by atoms with E-state index < -0.39 is 30.5 Å². The number of amides is 2. The van der Waals surface area contributed by atoms with E-state index in [1.807, 2.05) is 24.3 Å². The zero-order chi connectivity index (χ0) is 21.2. The van der Waals surface area contributed by atoms with Crippen molar-refractivity contribution in [3.8, 4) is 0 Å². The van der Waals surface area contributed by atoms with Crippen molar-refractivity contribution in [3.05, 3.63) is 58.6 Å². The van der Waals surface area contributed by atoms with Crippen LogP contribution in [-0.2, 0) is 16.1 Å². The molecular weight excluding hydrogens is 451 g/mol. The van der Waals surface area contributed by atoms with Crippen LogP contribution >= 0.6 is 15.9 Å². The van der Waals surface area contributed by atoms with Crippen LogP contribution in [0, 0.1) is 0 Å². The van der Waals surface area contributed by atoms with E-state index in [-0.39, 0.29) is 17.9 Å². The molecule has 1 N–H and O–H groups in total. The Labute approximate surface area is 174 Å². The number of fused-ring (bicyclic) bond motifs is 1. The van der Waals surface area contributed by atoms with E-state index in [1.54, 1.807) is 18.0 Å². The van der Waals surface area contributed by atoms with Crippen molar-refractivity contribution in [2.75, 3.05) is 23.8 Å². The van der Waals surface area contributed by atoms with Gasteiger partial charge in [-0.25, -0.2) is 0 Å². The zero-order valence-corrected chi connectivity index (χ0v) is 17.1. The Morgan fingerprint density at radius 3 is 2.55 bits per heavy atom. The normalized spacial score (nSPS) is 17.0. The molecule has 0 spiro atoms. The van der Waals surface area contributed by atoms with E-state index >= 15 is 0 Å². The van der Waals surface area contributed by atoms with Crippen molar-refractivity contribution >= 4 is 39.1 Å². The smallest absolute Gasteiger partial charge is 0.324 e. The lowest BCUT2D eigenvalue weighted by atomic mass is 10.1. The Bertz CT molecular complexity index is 920. The number of anilines is 2. The van der Waals surface area contributed by atoms with Crippen LogP contribution in [0.25, 0.3) is 0 Å². The first kappa shape index (κ1) is 21.3. The molecule has 1 unspecified atom stereocenters. The van der Waals surface area contributed by atoms with Crippen molar-refractivity contribution in [2.24, 2.45) is 0 Å². The molecule has 2 aromatic carbocycles. The minimum absolute atomic E-state index is 0.0416. The Hall–Kier alpha value is -2.39. The summed E-state index contributed by atoms with van der Waals surface area (Å²) in [5, 5.41) is 2.46. The van der Waals surface area contributed by atoms with Crippen LogP contribution < -0.4 is 10.2 Å². The molecule has 0 saturated carbocycles. The molecule has 1 aliphatic heterocycles. The van der Waals surface area contributed by atoms with Gasteiger partial charge in [0.25, 0.3) is 0 Å². The predicted octanol–water partition coefficient (Wildman–Crippen LogP) is 4.19. The van der Waals surface area contributed by atoms with Gasteiger partial charge in [0, 0.05) is 11.0 Å². The third-order valence-electron chi connectivity index (χ3n) is 4.58. The number of para-hydroxylation sites is 2. The number of benzene rings is 2. The fourth-order valence-corrected chi connectivity index (χ4v) is 3.69. The lowest BCUT2D eigenvalue weighted by Gasteiger charge is -2.33. The quantitative estimate of drug-likeness (QED) is 0.730. The van der Waals surface area contributed by atoms with Crippen molar-refractivity contribution in [2.45, 2.75) is 25.2 Å². The minimum atomic E-state index is -4.74. The molecular formula is C20H19BrF3N3O2. The molecule has 3 rings (SSSR count). The van der Waals surface area contributed by atoms with Gasteiger partial charge in [0.05, 0.1) is 24.3 Å². The zero-order valence-electron chi connectivity index (χ0n) is 15.5. The summed E-state index contributed by atoms with van der Waals surface area (Å²) in [6.07, 6.45) is -5.59. The monoisotopic (exact) mass is 469 g/mol. The second-order valence-corrected chi connectivity index (χ2v) is 7.71. The average molecular weight is 470 g/mol. The van der Waals surface area contributed by atoms with Gasteiger partial charge in [-0.1, -0.05) is 46.3 Å². The Kier molecular flexibility index (Phi) is 6.28. The third kappa shape index (κ3) is 4.97. The fourth-order valence-electron chi connectivity index (χ4n) is 3.28. The van der Waals surface area contributed by atoms with Crippen LogP contribution in [0.3, 0.4) is 0 Å². The molecule has 0 fully saturated rings. The summed E-state index contributed by atoms with van der Waals surface area (Å²) < 4.78 is 42.1. The number of hydrogen-bond donors (Lipinski definition) is 1. The first-order chi connectivity index (χ1) is 13.7. The first-order valence-electron chi connectivity index (χ1n) is 8.86. The molecule has 0 bridgehead atoms. The summed E-state index contributed by atoms with van der Waals surface area (Å²) in [7, 11) is 1.66. The van der Waals surface area contributed by atoms with Crippen molar-refractivity contribution in [1.82, 2.24) is 4.90 Å². The molecule has 9 heteroatoms. The van der Waals surface area contributed by atoms with Gasteiger partial charge in [-0.3, -0.25) is 19.4 Å². The summed E-state index contributed by atoms with van der Waals surface area (Å²) >= 11 is 3.43. The number of nitrogens with one attached hydrogen (secondary N) is 1. The lowest BCUT2D eigenvalue weighted by molar-refractivity contribution is -0.158. The molecule has 0 radical (unpaired) electrons. The summed E-state index contributed by atoms with van der Waals surface area (Å²) in [4.78, 5) is 27.3. The number of alkyl halides is 3. The first-order valence-corrected chi connectivity index (χ1v) is 9.65. The van der Waals surface area contributed by atoms with Gasteiger partial charge >= 0.3 is 6.18 Å². The third-order valence-corrected chi connectivity index (χ3v) is 5.35. The molecule has 2 aromatic rings. The highest BCUT2D eigenvalue weighted by atomic mass is 79.9. The molecule has 154 valence electrons. The van der Waals surface area contributed by atoms with Crippen LogP contribution in [0.5, 0.6) is 0 Å². The van der Waals surface area contributed by atoms with Crippen LogP contribution in [0.4, 0.5) is 24.5 Å². The van der Waals surface area contributed by atoms with E-state index in [1.165, 1.54) is 18.2 Å². The minimum Gasteiger partial charge on any atom is -0.324 e. The number of carbonyl (C=O) groups excluding carboxylic acids is 2. The highest BCUT2D eigenvalue weighted by molar-refractivity contribution is 9.10. The second-order valence-electron chi connectivity index (χ2n) is 6.85. The van der Waals surface area contributed by atoms with Crippen LogP contribution in [-0.4, -0.2) is 42.5 Å². The molecule has 1 heterocycles. The highest BCUT2D eigenvalue weighted by Crippen LogP contribution is 2.37. The maximum Gasteiger partial charge on any atom is 0.409 e. The van der Waals surface area contributed by atoms with Crippen LogP contribution in [0.2, 0.25) is 0 Å². The topological polar surface area (TPSA) is 52.7 Å². The molecule has 5 nitrogen and oxygen atoms in total. The predicted molar refractivity (Wildman–Crippen MR) is 107 cm³/mol. The molecule has 1 atom stereocenters. The van der Waals surface area contributed by atoms with Crippen molar-refractivity contribution < 1.29 is 22.8 Å². The molecule has 0 aromatic heterocycles. The van der Waals surface area contributed by atoms with Gasteiger partial charge in [-0.05, 0) is 30.8 Å². The van der Waals surface area contributed by atoms with Gasteiger partial charge in [-0.2, -0.15) is 13.2 Å². The molecule has 0 saturated heterocycles. The molecule has 2 amide bonds. The van der Waals surface area contributed by atoms with E-state index in [0.29, 0.717) is 11.4 Å². The van der Waals surface area contributed by atoms with Crippen molar-refractivity contribution in [1.29, 1.82) is 0 Å². The Morgan fingerprint density at radius 2 is 1.86 bits per heavy atom. The Morgan fingerprint density at radius 1 is 1.21 bits per heavy atom. The maximum atomic E-state index is 13.7. The number of rotatable bonds is 4. The largest absolute Gasteiger partial charge is 0.409 e. The Balaban J connectivity index is 1.89. The number of nitrogens with zero attached hydrogens (tertiary/aromatic N) is 2. The number of carbonyl (C=O) groups is 2. The number of likely N-dealkylation sites (N-methyl/N-ethyl adjacent to an activating group) is 1. The second kappa shape index (κ2) is 8.54. The number of hydrogen-bond acceptors (Lipinski definition) is 3. The van der Waals surface area contributed by atoms with Gasteiger partial charge < -0.3 is 5.32 Å². The highest BCUT2D eigenvalue weighted by Gasteiger charge is 2.49. The number of halogens is 4. The van der Waals surface area contributed by atoms with Gasteiger partial charge in [0.2, 0.25) is 11.8 Å². The maximum absolute atomic E-state index is 13.7. The van der Waals surface area contributed by atoms with Gasteiger partial charge in [0.1, 0.15) is 6.04 Å². The summed E-state index contributed by atoms with van der Waals surface area (Å²) in [5.41, 5.74) is 1.13. The standard InChI is InChI=1S/C20H19BrF3N3O2/c1-26(11-13-6-2-3-7-14(13)21)12-19(29)27-16-9-5-4-8-15(16)25-18(28)10-17(27)20(22,23)24/h2-9,17H,10-12H2,1H3,(H,25,28). The van der Waals surface area contributed by atoms with Gasteiger partial charge in [0.15, 0.2) is 0 Å². The molecule has 1 aliphatic rings. The molecule has 0 aliphatic carbocycles. The summed E-state index contributed by atoms with van der Waals surface area (Å²) in [5.74, 6) is -1.51.